The normalized spacial score (nSPS) is 12.6. The summed E-state index contributed by atoms with van der Waals surface area (Å²) in [5.74, 6) is -0.309. The van der Waals surface area contributed by atoms with Crippen molar-refractivity contribution in [1.29, 1.82) is 0 Å². The Balaban J connectivity index is 2.05. The van der Waals surface area contributed by atoms with Crippen LogP contribution in [0, 0.1) is 5.82 Å². The molecule has 0 radical (unpaired) electrons. The summed E-state index contributed by atoms with van der Waals surface area (Å²) in [4.78, 5) is 4.63. The van der Waals surface area contributed by atoms with E-state index in [1.807, 2.05) is 0 Å². The van der Waals surface area contributed by atoms with Gasteiger partial charge in [-0.1, -0.05) is 24.6 Å². The van der Waals surface area contributed by atoms with Gasteiger partial charge in [-0.3, -0.25) is 0 Å². The molecule has 0 saturated heterocycles. The van der Waals surface area contributed by atoms with Gasteiger partial charge in [0.2, 0.25) is 0 Å². The number of nitrogens with zero attached hydrogens (tertiary/aromatic N) is 1. The molecule has 0 spiro atoms. The number of hydrogen-bond acceptors (Lipinski definition) is 3. The van der Waals surface area contributed by atoms with Crippen molar-refractivity contribution in [3.05, 3.63) is 50.7 Å². The van der Waals surface area contributed by atoms with Crippen LogP contribution in [0.25, 0.3) is 0 Å². The summed E-state index contributed by atoms with van der Waals surface area (Å²) in [6.45, 7) is 5.24. The molecule has 0 aliphatic rings. The van der Waals surface area contributed by atoms with Crippen LogP contribution in [0.4, 0.5) is 4.39 Å². The van der Waals surface area contributed by atoms with Crippen LogP contribution < -0.4 is 5.32 Å². The lowest BCUT2D eigenvalue weighted by Crippen LogP contribution is -2.19. The molecule has 20 heavy (non-hydrogen) atoms. The Hall–Kier alpha value is -0.970. The molecule has 2 aromatic rings. The minimum absolute atomic E-state index is 0.253. The molecule has 0 amide bonds. The molecule has 2 rings (SSSR count). The third-order valence-electron chi connectivity index (χ3n) is 3.07. The van der Waals surface area contributed by atoms with Crippen molar-refractivity contribution in [2.24, 2.45) is 0 Å². The summed E-state index contributed by atoms with van der Waals surface area (Å²) in [5, 5.41) is 6.94. The van der Waals surface area contributed by atoms with Crippen molar-refractivity contribution in [1.82, 2.24) is 10.3 Å². The van der Waals surface area contributed by atoms with Gasteiger partial charge in [-0.25, -0.2) is 9.37 Å². The second-order valence-corrected chi connectivity index (χ2v) is 6.10. The quantitative estimate of drug-likeness (QED) is 0.844. The molecule has 1 heterocycles. The number of thiazole rings is 1. The molecule has 5 heteroatoms. The van der Waals surface area contributed by atoms with Crippen LogP contribution in [0.1, 0.15) is 42.6 Å². The Morgan fingerprint density at radius 2 is 2.25 bits per heavy atom. The lowest BCUT2D eigenvalue weighted by atomic mass is 10.1. The van der Waals surface area contributed by atoms with Crippen LogP contribution in [0.2, 0.25) is 5.02 Å². The smallest absolute Gasteiger partial charge is 0.124 e. The van der Waals surface area contributed by atoms with Crippen molar-refractivity contribution < 1.29 is 4.39 Å². The average molecular weight is 313 g/mol. The molecule has 1 unspecified atom stereocenters. The van der Waals surface area contributed by atoms with Crippen LogP contribution in [0.15, 0.2) is 23.6 Å². The fourth-order valence-corrected chi connectivity index (χ4v) is 3.04. The monoisotopic (exact) mass is 312 g/mol. The number of halogens is 2. The van der Waals surface area contributed by atoms with Gasteiger partial charge in [0.25, 0.3) is 0 Å². The molecule has 0 bridgehead atoms. The standard InChI is InChI=1S/C15H18ClFN2S/c1-3-6-18-10(2)14-9-20-15(19-14)7-11-4-5-12(17)8-13(11)16/h4-5,8-10,18H,3,6-7H2,1-2H3. The van der Waals surface area contributed by atoms with Crippen LogP contribution in [0.3, 0.4) is 0 Å². The number of hydrogen-bond donors (Lipinski definition) is 1. The van der Waals surface area contributed by atoms with E-state index < -0.39 is 0 Å². The second kappa shape index (κ2) is 7.16. The zero-order valence-electron chi connectivity index (χ0n) is 11.6. The summed E-state index contributed by atoms with van der Waals surface area (Å²) < 4.78 is 13.0. The van der Waals surface area contributed by atoms with Crippen molar-refractivity contribution >= 4 is 22.9 Å². The van der Waals surface area contributed by atoms with Crippen molar-refractivity contribution in [3.63, 3.8) is 0 Å². The molecule has 108 valence electrons. The Bertz CT molecular complexity index is 571. The lowest BCUT2D eigenvalue weighted by Gasteiger charge is -2.09. The van der Waals surface area contributed by atoms with Gasteiger partial charge in [-0.05, 0) is 37.6 Å². The van der Waals surface area contributed by atoms with E-state index in [-0.39, 0.29) is 11.9 Å². The molecule has 2 nitrogen and oxygen atoms in total. The minimum Gasteiger partial charge on any atom is -0.309 e. The fraction of sp³-hybridized carbons (Fsp3) is 0.400. The van der Waals surface area contributed by atoms with Crippen molar-refractivity contribution in [2.75, 3.05) is 6.54 Å². The first kappa shape index (κ1) is 15.4. The summed E-state index contributed by atoms with van der Waals surface area (Å²) in [6, 6.07) is 4.75. The highest BCUT2D eigenvalue weighted by molar-refractivity contribution is 7.09. The Kier molecular flexibility index (Phi) is 5.52. The topological polar surface area (TPSA) is 24.9 Å². The highest BCUT2D eigenvalue weighted by Crippen LogP contribution is 2.23. The van der Waals surface area contributed by atoms with E-state index in [4.69, 9.17) is 11.6 Å². The fourth-order valence-electron chi connectivity index (χ4n) is 1.90. The van der Waals surface area contributed by atoms with Gasteiger partial charge >= 0.3 is 0 Å². The zero-order chi connectivity index (χ0) is 14.5. The molecule has 1 N–H and O–H groups in total. The van der Waals surface area contributed by atoms with Crippen LogP contribution in [-0.4, -0.2) is 11.5 Å². The van der Waals surface area contributed by atoms with E-state index in [1.165, 1.54) is 12.1 Å². The summed E-state index contributed by atoms with van der Waals surface area (Å²) in [7, 11) is 0. The molecule has 0 aliphatic carbocycles. The van der Waals surface area contributed by atoms with Gasteiger partial charge in [0.15, 0.2) is 0 Å². The number of aromatic nitrogens is 1. The van der Waals surface area contributed by atoms with Crippen molar-refractivity contribution in [3.8, 4) is 0 Å². The molecular weight excluding hydrogens is 295 g/mol. The summed E-state index contributed by atoms with van der Waals surface area (Å²) in [6.07, 6.45) is 1.75. The predicted molar refractivity (Wildman–Crippen MR) is 83.0 cm³/mol. The highest BCUT2D eigenvalue weighted by atomic mass is 35.5. The summed E-state index contributed by atoms with van der Waals surface area (Å²) >= 11 is 7.66. The third kappa shape index (κ3) is 4.01. The maximum absolute atomic E-state index is 13.0. The van der Waals surface area contributed by atoms with E-state index >= 15 is 0 Å². The molecule has 0 saturated carbocycles. The van der Waals surface area contributed by atoms with Crippen LogP contribution in [-0.2, 0) is 6.42 Å². The number of rotatable bonds is 6. The van der Waals surface area contributed by atoms with Gasteiger partial charge in [0, 0.05) is 22.9 Å². The third-order valence-corrected chi connectivity index (χ3v) is 4.29. The molecule has 0 aliphatic heterocycles. The highest BCUT2D eigenvalue weighted by Gasteiger charge is 2.11. The minimum atomic E-state index is -0.309. The van der Waals surface area contributed by atoms with Crippen LogP contribution in [0.5, 0.6) is 0 Å². The van der Waals surface area contributed by atoms with Gasteiger partial charge in [0.1, 0.15) is 5.82 Å². The maximum atomic E-state index is 13.0. The SMILES string of the molecule is CCCNC(C)c1csc(Cc2ccc(F)cc2Cl)n1. The van der Waals surface area contributed by atoms with E-state index in [0.29, 0.717) is 11.4 Å². The summed E-state index contributed by atoms with van der Waals surface area (Å²) in [5.41, 5.74) is 1.96. The van der Waals surface area contributed by atoms with Gasteiger partial charge < -0.3 is 5.32 Å². The molecule has 1 atom stereocenters. The first-order valence-corrected chi connectivity index (χ1v) is 7.97. The lowest BCUT2D eigenvalue weighted by molar-refractivity contribution is 0.560. The van der Waals surface area contributed by atoms with E-state index in [2.05, 4.69) is 29.5 Å². The van der Waals surface area contributed by atoms with E-state index in [9.17, 15) is 4.39 Å². The Morgan fingerprint density at radius 3 is 2.95 bits per heavy atom. The van der Waals surface area contributed by atoms with Gasteiger partial charge in [-0.15, -0.1) is 11.3 Å². The van der Waals surface area contributed by atoms with E-state index in [1.54, 1.807) is 17.4 Å². The van der Waals surface area contributed by atoms with E-state index in [0.717, 1.165) is 29.2 Å². The largest absolute Gasteiger partial charge is 0.309 e. The Morgan fingerprint density at radius 1 is 1.45 bits per heavy atom. The van der Waals surface area contributed by atoms with Gasteiger partial charge in [-0.2, -0.15) is 0 Å². The zero-order valence-corrected chi connectivity index (χ0v) is 13.2. The Labute approximate surface area is 128 Å². The first-order chi connectivity index (χ1) is 9.60. The van der Waals surface area contributed by atoms with Gasteiger partial charge in [0.05, 0.1) is 10.7 Å². The second-order valence-electron chi connectivity index (χ2n) is 4.75. The number of nitrogens with one attached hydrogen (secondary N) is 1. The molecule has 0 fully saturated rings. The average Bonchev–Trinajstić information content (AvgIpc) is 2.88. The molecular formula is C15H18ClFN2S. The number of benzene rings is 1. The van der Waals surface area contributed by atoms with Crippen molar-refractivity contribution in [2.45, 2.75) is 32.7 Å². The predicted octanol–water partition coefficient (Wildman–Crippen LogP) is 4.59. The first-order valence-electron chi connectivity index (χ1n) is 6.71. The molecule has 1 aromatic heterocycles. The van der Waals surface area contributed by atoms with Crippen LogP contribution >= 0.6 is 22.9 Å². The molecule has 1 aromatic carbocycles. The maximum Gasteiger partial charge on any atom is 0.124 e.